The maximum absolute atomic E-state index is 12.5. The lowest BCUT2D eigenvalue weighted by Crippen LogP contribution is -2.36. The minimum absolute atomic E-state index is 0.219. The molecule has 2 aromatic rings. The minimum Gasteiger partial charge on any atom is -0.481 e. The summed E-state index contributed by atoms with van der Waals surface area (Å²) in [4.78, 5) is 23.8. The number of para-hydroxylation sites is 1. The van der Waals surface area contributed by atoms with Gasteiger partial charge in [0.15, 0.2) is 0 Å². The van der Waals surface area contributed by atoms with Crippen LogP contribution < -0.4 is 10.1 Å². The Balaban J connectivity index is 1.62. The van der Waals surface area contributed by atoms with Crippen LogP contribution >= 0.6 is 0 Å². The first kappa shape index (κ1) is 17.0. The molecule has 0 unspecified atom stereocenters. The molecule has 1 aliphatic carbocycles. The van der Waals surface area contributed by atoms with E-state index in [0.29, 0.717) is 24.3 Å². The molecule has 0 heterocycles. The molecule has 130 valence electrons. The van der Waals surface area contributed by atoms with E-state index in [9.17, 15) is 14.7 Å². The number of anilines is 1. The van der Waals surface area contributed by atoms with Gasteiger partial charge in [-0.2, -0.15) is 0 Å². The summed E-state index contributed by atoms with van der Waals surface area (Å²) < 4.78 is 5.71. The van der Waals surface area contributed by atoms with Gasteiger partial charge in [-0.05, 0) is 49.2 Å². The van der Waals surface area contributed by atoms with Crippen molar-refractivity contribution in [3.05, 3.63) is 54.6 Å². The Morgan fingerprint density at radius 3 is 2.12 bits per heavy atom. The monoisotopic (exact) mass is 339 g/mol. The highest BCUT2D eigenvalue weighted by atomic mass is 16.5. The molecule has 0 bridgehead atoms. The van der Waals surface area contributed by atoms with Crippen LogP contribution in [0.4, 0.5) is 5.69 Å². The predicted molar refractivity (Wildman–Crippen MR) is 94.7 cm³/mol. The summed E-state index contributed by atoms with van der Waals surface area (Å²) in [5.74, 6) is -0.743. The topological polar surface area (TPSA) is 75.6 Å². The van der Waals surface area contributed by atoms with Crippen molar-refractivity contribution in [3.8, 4) is 11.5 Å². The van der Waals surface area contributed by atoms with Gasteiger partial charge in [0.25, 0.3) is 0 Å². The smallest absolute Gasteiger partial charge is 0.307 e. The molecule has 1 aliphatic rings. The number of carboxylic acids is 1. The molecule has 1 amide bonds. The molecule has 1 fully saturated rings. The van der Waals surface area contributed by atoms with Crippen LogP contribution in [-0.4, -0.2) is 17.0 Å². The molecule has 5 nitrogen and oxygen atoms in total. The van der Waals surface area contributed by atoms with E-state index in [4.69, 9.17) is 4.74 Å². The summed E-state index contributed by atoms with van der Waals surface area (Å²) >= 11 is 0. The van der Waals surface area contributed by atoms with Gasteiger partial charge < -0.3 is 15.2 Å². The molecule has 0 aromatic heterocycles. The largest absolute Gasteiger partial charge is 0.481 e. The van der Waals surface area contributed by atoms with E-state index >= 15 is 0 Å². The Labute approximate surface area is 146 Å². The zero-order chi connectivity index (χ0) is 17.6. The highest BCUT2D eigenvalue weighted by molar-refractivity contribution is 5.95. The lowest BCUT2D eigenvalue weighted by molar-refractivity contribution is -0.147. The van der Waals surface area contributed by atoms with Crippen molar-refractivity contribution < 1.29 is 19.4 Å². The Kier molecular flexibility index (Phi) is 5.33. The first-order valence-corrected chi connectivity index (χ1v) is 8.50. The lowest BCUT2D eigenvalue weighted by atomic mass is 9.78. The van der Waals surface area contributed by atoms with Gasteiger partial charge in [-0.3, -0.25) is 9.59 Å². The third kappa shape index (κ3) is 4.38. The highest BCUT2D eigenvalue weighted by Gasteiger charge is 2.35. The molecule has 0 aliphatic heterocycles. The molecular formula is C20H21NO4. The Hall–Kier alpha value is -2.82. The molecule has 5 heteroatoms. The third-order valence-corrected chi connectivity index (χ3v) is 4.52. The molecule has 0 radical (unpaired) electrons. The Bertz CT molecular complexity index is 727. The van der Waals surface area contributed by atoms with Gasteiger partial charge in [0.05, 0.1) is 11.8 Å². The van der Waals surface area contributed by atoms with Crippen LogP contribution in [0.15, 0.2) is 54.6 Å². The summed E-state index contributed by atoms with van der Waals surface area (Å²) in [6, 6.07) is 16.5. The van der Waals surface area contributed by atoms with Gasteiger partial charge in [0.1, 0.15) is 11.5 Å². The zero-order valence-corrected chi connectivity index (χ0v) is 13.9. The van der Waals surface area contributed by atoms with Gasteiger partial charge in [-0.25, -0.2) is 0 Å². The number of carbonyl (C=O) groups is 2. The number of rotatable bonds is 5. The Morgan fingerprint density at radius 2 is 1.48 bits per heavy atom. The number of aliphatic carboxylic acids is 1. The van der Waals surface area contributed by atoms with Crippen LogP contribution in [-0.2, 0) is 9.59 Å². The first-order chi connectivity index (χ1) is 12.1. The second-order valence-corrected chi connectivity index (χ2v) is 6.26. The van der Waals surface area contributed by atoms with Crippen LogP contribution in [0.2, 0.25) is 0 Å². The molecule has 25 heavy (non-hydrogen) atoms. The second kappa shape index (κ2) is 7.83. The SMILES string of the molecule is O=C(O)[C@@H]1CCCC[C@H]1C(=O)Nc1ccc(Oc2ccccc2)cc1. The van der Waals surface area contributed by atoms with Crippen LogP contribution in [0.1, 0.15) is 25.7 Å². The average molecular weight is 339 g/mol. The van der Waals surface area contributed by atoms with Crippen LogP contribution in [0.5, 0.6) is 11.5 Å². The first-order valence-electron chi connectivity index (χ1n) is 8.50. The number of hydrogen-bond acceptors (Lipinski definition) is 3. The Morgan fingerprint density at radius 1 is 0.880 bits per heavy atom. The van der Waals surface area contributed by atoms with E-state index in [1.165, 1.54) is 0 Å². The summed E-state index contributed by atoms with van der Waals surface area (Å²) in [6.07, 6.45) is 2.95. The van der Waals surface area contributed by atoms with Crippen molar-refractivity contribution >= 4 is 17.6 Å². The van der Waals surface area contributed by atoms with E-state index in [2.05, 4.69) is 5.32 Å². The van der Waals surface area contributed by atoms with E-state index in [-0.39, 0.29) is 5.91 Å². The second-order valence-electron chi connectivity index (χ2n) is 6.26. The molecule has 3 rings (SSSR count). The van der Waals surface area contributed by atoms with Crippen molar-refractivity contribution in [3.63, 3.8) is 0 Å². The van der Waals surface area contributed by atoms with Gasteiger partial charge in [0, 0.05) is 5.69 Å². The number of nitrogens with one attached hydrogen (secondary N) is 1. The van der Waals surface area contributed by atoms with Gasteiger partial charge in [-0.15, -0.1) is 0 Å². The van der Waals surface area contributed by atoms with E-state index in [0.717, 1.165) is 18.6 Å². The maximum Gasteiger partial charge on any atom is 0.307 e. The number of hydrogen-bond donors (Lipinski definition) is 2. The molecule has 2 atom stereocenters. The zero-order valence-electron chi connectivity index (χ0n) is 13.9. The molecule has 0 spiro atoms. The quantitative estimate of drug-likeness (QED) is 0.851. The fourth-order valence-corrected chi connectivity index (χ4v) is 3.21. The summed E-state index contributed by atoms with van der Waals surface area (Å²) in [7, 11) is 0. The highest BCUT2D eigenvalue weighted by Crippen LogP contribution is 2.31. The maximum atomic E-state index is 12.5. The summed E-state index contributed by atoms with van der Waals surface area (Å²) in [5.41, 5.74) is 0.639. The van der Waals surface area contributed by atoms with Crippen LogP contribution in [0.25, 0.3) is 0 Å². The standard InChI is InChI=1S/C20H21NO4/c22-19(17-8-4-5-9-18(17)20(23)24)21-14-10-12-16(13-11-14)25-15-6-2-1-3-7-15/h1-3,6-7,10-13,17-18H,4-5,8-9H2,(H,21,22)(H,23,24)/t17-,18-/m1/s1. The fraction of sp³-hybridized carbons (Fsp3) is 0.300. The minimum atomic E-state index is -0.883. The summed E-state index contributed by atoms with van der Waals surface area (Å²) in [6.45, 7) is 0. The predicted octanol–water partition coefficient (Wildman–Crippen LogP) is 4.31. The molecule has 2 aromatic carbocycles. The van der Waals surface area contributed by atoms with Gasteiger partial charge in [0.2, 0.25) is 5.91 Å². The number of carboxylic acid groups (broad SMARTS) is 1. The number of amides is 1. The van der Waals surface area contributed by atoms with Gasteiger partial charge in [-0.1, -0.05) is 31.0 Å². The molecule has 0 saturated heterocycles. The third-order valence-electron chi connectivity index (χ3n) is 4.52. The molecular weight excluding hydrogens is 318 g/mol. The molecule has 2 N–H and O–H groups in total. The van der Waals surface area contributed by atoms with Gasteiger partial charge >= 0.3 is 5.97 Å². The van der Waals surface area contributed by atoms with Crippen molar-refractivity contribution in [2.45, 2.75) is 25.7 Å². The lowest BCUT2D eigenvalue weighted by Gasteiger charge is -2.27. The van der Waals surface area contributed by atoms with Crippen molar-refractivity contribution in [1.82, 2.24) is 0 Å². The van der Waals surface area contributed by atoms with E-state index in [1.54, 1.807) is 24.3 Å². The van der Waals surface area contributed by atoms with E-state index in [1.807, 2.05) is 30.3 Å². The van der Waals surface area contributed by atoms with Crippen molar-refractivity contribution in [1.29, 1.82) is 0 Å². The fourth-order valence-electron chi connectivity index (χ4n) is 3.21. The summed E-state index contributed by atoms with van der Waals surface area (Å²) in [5, 5.41) is 12.1. The molecule has 1 saturated carbocycles. The average Bonchev–Trinajstić information content (AvgIpc) is 2.64. The number of ether oxygens (including phenoxy) is 1. The normalized spacial score (nSPS) is 19.8. The van der Waals surface area contributed by atoms with Crippen molar-refractivity contribution in [2.75, 3.05) is 5.32 Å². The van der Waals surface area contributed by atoms with Crippen LogP contribution in [0, 0.1) is 11.8 Å². The van der Waals surface area contributed by atoms with Crippen molar-refractivity contribution in [2.24, 2.45) is 11.8 Å². The number of carbonyl (C=O) groups excluding carboxylic acids is 1. The van der Waals surface area contributed by atoms with E-state index < -0.39 is 17.8 Å². The van der Waals surface area contributed by atoms with Crippen LogP contribution in [0.3, 0.4) is 0 Å². The number of benzene rings is 2.